The van der Waals surface area contributed by atoms with E-state index in [4.69, 9.17) is 0 Å². The van der Waals surface area contributed by atoms with Gasteiger partial charge in [-0.1, -0.05) is 18.2 Å². The Morgan fingerprint density at radius 1 is 1.18 bits per heavy atom. The van der Waals surface area contributed by atoms with Crippen molar-refractivity contribution in [1.29, 1.82) is 0 Å². The third-order valence-corrected chi connectivity index (χ3v) is 6.03. The fourth-order valence-electron chi connectivity index (χ4n) is 4.44. The van der Waals surface area contributed by atoms with Crippen LogP contribution in [0.25, 0.3) is 0 Å². The summed E-state index contributed by atoms with van der Waals surface area (Å²) in [5.41, 5.74) is 4.56. The molecule has 0 saturated carbocycles. The highest BCUT2D eigenvalue weighted by molar-refractivity contribution is 5.29. The Balaban J connectivity index is 1.61. The number of benzene rings is 1. The van der Waals surface area contributed by atoms with E-state index in [-0.39, 0.29) is 0 Å². The summed E-state index contributed by atoms with van der Waals surface area (Å²) >= 11 is 0. The summed E-state index contributed by atoms with van der Waals surface area (Å²) in [5.74, 6) is 0.473. The van der Waals surface area contributed by atoms with Gasteiger partial charge in [0.1, 0.15) is 0 Å². The van der Waals surface area contributed by atoms with Gasteiger partial charge in [-0.05, 0) is 68.9 Å². The number of hydrogen-bond acceptors (Lipinski definition) is 3. The largest absolute Gasteiger partial charge is 0.396 e. The maximum atomic E-state index is 9.72. The van der Waals surface area contributed by atoms with Gasteiger partial charge in [-0.15, -0.1) is 0 Å². The van der Waals surface area contributed by atoms with Crippen molar-refractivity contribution in [3.05, 3.63) is 34.9 Å². The lowest BCUT2D eigenvalue weighted by Gasteiger charge is -2.42. The standard InChI is InChI=1S/C19H30N2O/c1-15-4-5-17(10-16(15)2)11-21-8-6-19(7-9-21)14-20(3)12-18(19)13-22/h4-5,10,18,22H,6-9,11-14H2,1-3H3. The van der Waals surface area contributed by atoms with E-state index < -0.39 is 0 Å². The van der Waals surface area contributed by atoms with Crippen molar-refractivity contribution in [2.75, 3.05) is 39.8 Å². The molecule has 0 aromatic heterocycles. The van der Waals surface area contributed by atoms with Crippen molar-refractivity contribution in [3.8, 4) is 0 Å². The number of nitrogens with zero attached hydrogens (tertiary/aromatic N) is 2. The van der Waals surface area contributed by atoms with Gasteiger partial charge in [-0.3, -0.25) is 4.90 Å². The van der Waals surface area contributed by atoms with E-state index in [1.54, 1.807) is 0 Å². The quantitative estimate of drug-likeness (QED) is 0.929. The highest BCUT2D eigenvalue weighted by Gasteiger charge is 2.46. The second-order valence-electron chi connectivity index (χ2n) is 7.63. The number of aliphatic hydroxyl groups excluding tert-OH is 1. The lowest BCUT2D eigenvalue weighted by atomic mass is 9.71. The molecule has 1 unspecified atom stereocenters. The monoisotopic (exact) mass is 302 g/mol. The lowest BCUT2D eigenvalue weighted by molar-refractivity contribution is 0.0488. The smallest absolute Gasteiger partial charge is 0.0477 e. The minimum Gasteiger partial charge on any atom is -0.396 e. The number of aryl methyl sites for hydroxylation is 2. The third kappa shape index (κ3) is 3.08. The van der Waals surface area contributed by atoms with Crippen LogP contribution in [0.4, 0.5) is 0 Å². The average molecular weight is 302 g/mol. The summed E-state index contributed by atoms with van der Waals surface area (Å²) in [5, 5.41) is 9.72. The molecule has 2 fully saturated rings. The molecule has 3 nitrogen and oxygen atoms in total. The van der Waals surface area contributed by atoms with Crippen molar-refractivity contribution in [3.63, 3.8) is 0 Å². The molecule has 2 aliphatic rings. The normalized spacial score (nSPS) is 25.9. The van der Waals surface area contributed by atoms with Crippen LogP contribution < -0.4 is 0 Å². The molecule has 0 aliphatic carbocycles. The van der Waals surface area contributed by atoms with Gasteiger partial charge in [0.05, 0.1) is 0 Å². The van der Waals surface area contributed by atoms with Crippen LogP contribution in [0.5, 0.6) is 0 Å². The maximum absolute atomic E-state index is 9.72. The summed E-state index contributed by atoms with van der Waals surface area (Å²) in [7, 11) is 2.19. The molecule has 1 atom stereocenters. The number of aliphatic hydroxyl groups is 1. The first-order valence-corrected chi connectivity index (χ1v) is 8.60. The molecular weight excluding hydrogens is 272 g/mol. The zero-order valence-electron chi connectivity index (χ0n) is 14.3. The fraction of sp³-hybridized carbons (Fsp3) is 0.684. The molecule has 2 aliphatic heterocycles. The van der Waals surface area contributed by atoms with E-state index >= 15 is 0 Å². The van der Waals surface area contributed by atoms with Crippen molar-refractivity contribution < 1.29 is 5.11 Å². The first-order valence-electron chi connectivity index (χ1n) is 8.60. The molecule has 2 saturated heterocycles. The highest BCUT2D eigenvalue weighted by atomic mass is 16.3. The summed E-state index contributed by atoms with van der Waals surface area (Å²) in [4.78, 5) is 4.99. The zero-order chi connectivity index (χ0) is 15.7. The predicted molar refractivity (Wildman–Crippen MR) is 90.9 cm³/mol. The third-order valence-electron chi connectivity index (χ3n) is 6.03. The van der Waals surface area contributed by atoms with Gasteiger partial charge >= 0.3 is 0 Å². The zero-order valence-corrected chi connectivity index (χ0v) is 14.3. The van der Waals surface area contributed by atoms with Crippen molar-refractivity contribution in [2.24, 2.45) is 11.3 Å². The van der Waals surface area contributed by atoms with Gasteiger partial charge in [-0.2, -0.15) is 0 Å². The first kappa shape index (κ1) is 16.0. The average Bonchev–Trinajstić information content (AvgIpc) is 2.81. The first-order chi connectivity index (χ1) is 10.5. The molecule has 3 rings (SSSR count). The lowest BCUT2D eigenvalue weighted by Crippen LogP contribution is -2.44. The predicted octanol–water partition coefficient (Wildman–Crippen LogP) is 2.44. The van der Waals surface area contributed by atoms with Gasteiger partial charge in [0.2, 0.25) is 0 Å². The molecule has 1 aromatic carbocycles. The second kappa shape index (κ2) is 6.31. The minimum absolute atomic E-state index is 0.349. The van der Waals surface area contributed by atoms with Gasteiger partial charge < -0.3 is 10.0 Å². The molecule has 1 aromatic rings. The van der Waals surface area contributed by atoms with Crippen molar-refractivity contribution >= 4 is 0 Å². The SMILES string of the molecule is Cc1ccc(CN2CCC3(CC2)CN(C)CC3CO)cc1C. The van der Waals surface area contributed by atoms with Crippen LogP contribution >= 0.6 is 0 Å². The Labute approximate surface area is 134 Å². The second-order valence-corrected chi connectivity index (χ2v) is 7.63. The van der Waals surface area contributed by atoms with Crippen LogP contribution in [-0.4, -0.2) is 54.7 Å². The van der Waals surface area contributed by atoms with Crippen LogP contribution in [0.2, 0.25) is 0 Å². The minimum atomic E-state index is 0.349. The maximum Gasteiger partial charge on any atom is 0.0477 e. The van der Waals surface area contributed by atoms with Gasteiger partial charge in [-0.25, -0.2) is 0 Å². The molecule has 1 spiro atoms. The van der Waals surface area contributed by atoms with Crippen molar-refractivity contribution in [2.45, 2.75) is 33.2 Å². The van der Waals surface area contributed by atoms with Crippen LogP contribution in [0, 0.1) is 25.2 Å². The molecule has 1 N–H and O–H groups in total. The summed E-state index contributed by atoms with van der Waals surface area (Å²) in [6, 6.07) is 6.84. The number of hydrogen-bond donors (Lipinski definition) is 1. The van der Waals surface area contributed by atoms with Gasteiger partial charge in [0, 0.05) is 32.2 Å². The Bertz CT molecular complexity index is 520. The van der Waals surface area contributed by atoms with Crippen LogP contribution in [0.15, 0.2) is 18.2 Å². The summed E-state index contributed by atoms with van der Waals surface area (Å²) < 4.78 is 0. The Hall–Kier alpha value is -0.900. The molecule has 0 amide bonds. The Morgan fingerprint density at radius 2 is 1.91 bits per heavy atom. The molecule has 2 heterocycles. The molecule has 3 heteroatoms. The van der Waals surface area contributed by atoms with E-state index in [0.717, 1.165) is 32.7 Å². The van der Waals surface area contributed by atoms with E-state index in [9.17, 15) is 5.11 Å². The Kier molecular flexibility index (Phi) is 4.58. The number of piperidine rings is 1. The molecule has 0 radical (unpaired) electrons. The number of rotatable bonds is 3. The van der Waals surface area contributed by atoms with Crippen LogP contribution in [0.3, 0.4) is 0 Å². The topological polar surface area (TPSA) is 26.7 Å². The van der Waals surface area contributed by atoms with Gasteiger partial charge in [0.25, 0.3) is 0 Å². The summed E-state index contributed by atoms with van der Waals surface area (Å²) in [6.45, 7) is 10.3. The Morgan fingerprint density at radius 3 is 2.55 bits per heavy atom. The van der Waals surface area contributed by atoms with Gasteiger partial charge in [0.15, 0.2) is 0 Å². The molecule has 22 heavy (non-hydrogen) atoms. The highest BCUT2D eigenvalue weighted by Crippen LogP contribution is 2.44. The van der Waals surface area contributed by atoms with Crippen molar-refractivity contribution in [1.82, 2.24) is 9.80 Å². The van der Waals surface area contributed by atoms with E-state index in [1.807, 2.05) is 0 Å². The van der Waals surface area contributed by atoms with Crippen LogP contribution in [0.1, 0.15) is 29.5 Å². The summed E-state index contributed by atoms with van der Waals surface area (Å²) in [6.07, 6.45) is 2.46. The molecule has 122 valence electrons. The van der Waals surface area contributed by atoms with E-state index in [0.29, 0.717) is 17.9 Å². The van der Waals surface area contributed by atoms with E-state index in [1.165, 1.54) is 29.5 Å². The van der Waals surface area contributed by atoms with Crippen LogP contribution in [-0.2, 0) is 6.54 Å². The molecular formula is C19H30N2O. The fourth-order valence-corrected chi connectivity index (χ4v) is 4.44. The molecule has 0 bridgehead atoms. The number of likely N-dealkylation sites (tertiary alicyclic amines) is 2. The van der Waals surface area contributed by atoms with E-state index in [2.05, 4.69) is 48.9 Å².